The average Bonchev–Trinajstić information content (AvgIpc) is 3.26. The van der Waals surface area contributed by atoms with Crippen molar-refractivity contribution < 1.29 is 9.47 Å². The van der Waals surface area contributed by atoms with E-state index < -0.39 is 0 Å². The summed E-state index contributed by atoms with van der Waals surface area (Å²) < 4.78 is 10.6. The fourth-order valence-corrected chi connectivity index (χ4v) is 3.23. The van der Waals surface area contributed by atoms with E-state index in [4.69, 9.17) is 9.47 Å². The third-order valence-electron chi connectivity index (χ3n) is 4.54. The fraction of sp³-hybridized carbons (Fsp3) is 0.556. The van der Waals surface area contributed by atoms with Crippen molar-refractivity contribution in [3.05, 3.63) is 35.4 Å². The molecule has 2 aromatic rings. The van der Waals surface area contributed by atoms with Gasteiger partial charge in [-0.25, -0.2) is 4.98 Å². The Bertz CT molecular complexity index is 665. The molecule has 3 rings (SSSR count). The average molecular weight is 330 g/mol. The standard InChI is InChI=1S/C18H26N4O2/c1-13(12-22-8-4-5-9-22)18-19-17(20-21-18)11-14-6-7-15(23-2)16(10-14)24-3/h6-7,10,13H,4-5,8-9,11-12H2,1-3H3,(H,19,20,21). The van der Waals surface area contributed by atoms with Gasteiger partial charge < -0.3 is 14.4 Å². The van der Waals surface area contributed by atoms with Gasteiger partial charge in [0.25, 0.3) is 0 Å². The number of benzene rings is 1. The summed E-state index contributed by atoms with van der Waals surface area (Å²) in [6, 6.07) is 5.92. The molecule has 1 saturated heterocycles. The van der Waals surface area contributed by atoms with Crippen molar-refractivity contribution in [1.82, 2.24) is 20.1 Å². The lowest BCUT2D eigenvalue weighted by molar-refractivity contribution is 0.316. The highest BCUT2D eigenvalue weighted by Gasteiger charge is 2.18. The molecule has 24 heavy (non-hydrogen) atoms. The number of nitrogens with one attached hydrogen (secondary N) is 1. The molecule has 1 aromatic carbocycles. The summed E-state index contributed by atoms with van der Waals surface area (Å²) >= 11 is 0. The zero-order valence-electron chi connectivity index (χ0n) is 14.7. The van der Waals surface area contributed by atoms with Crippen LogP contribution in [0.15, 0.2) is 18.2 Å². The Morgan fingerprint density at radius 2 is 1.92 bits per heavy atom. The van der Waals surface area contributed by atoms with Gasteiger partial charge in [-0.2, -0.15) is 5.10 Å². The van der Waals surface area contributed by atoms with Gasteiger partial charge >= 0.3 is 0 Å². The molecule has 1 unspecified atom stereocenters. The van der Waals surface area contributed by atoms with Crippen LogP contribution < -0.4 is 9.47 Å². The van der Waals surface area contributed by atoms with Crippen molar-refractivity contribution in [3.8, 4) is 11.5 Å². The maximum absolute atomic E-state index is 5.36. The minimum atomic E-state index is 0.346. The van der Waals surface area contributed by atoms with Gasteiger partial charge in [0, 0.05) is 18.9 Å². The molecule has 130 valence electrons. The van der Waals surface area contributed by atoms with E-state index in [1.165, 1.54) is 25.9 Å². The first-order chi connectivity index (χ1) is 11.7. The number of hydrogen-bond acceptors (Lipinski definition) is 5. The van der Waals surface area contributed by atoms with Crippen LogP contribution in [0.2, 0.25) is 0 Å². The number of methoxy groups -OCH3 is 2. The monoisotopic (exact) mass is 330 g/mol. The molecule has 1 aromatic heterocycles. The van der Waals surface area contributed by atoms with Crippen LogP contribution >= 0.6 is 0 Å². The summed E-state index contributed by atoms with van der Waals surface area (Å²) in [6.45, 7) is 5.63. The van der Waals surface area contributed by atoms with Crippen LogP contribution in [0, 0.1) is 0 Å². The Morgan fingerprint density at radius 3 is 2.62 bits per heavy atom. The van der Waals surface area contributed by atoms with Crippen LogP contribution in [0.4, 0.5) is 0 Å². The summed E-state index contributed by atoms with van der Waals surface area (Å²) in [5.41, 5.74) is 1.11. The summed E-state index contributed by atoms with van der Waals surface area (Å²) in [7, 11) is 3.29. The van der Waals surface area contributed by atoms with Crippen molar-refractivity contribution in [3.63, 3.8) is 0 Å². The number of nitrogens with zero attached hydrogens (tertiary/aromatic N) is 3. The van der Waals surface area contributed by atoms with Gasteiger partial charge in [-0.3, -0.25) is 5.10 Å². The van der Waals surface area contributed by atoms with Gasteiger partial charge in [0.1, 0.15) is 5.82 Å². The van der Waals surface area contributed by atoms with Crippen molar-refractivity contribution in [2.24, 2.45) is 0 Å². The van der Waals surface area contributed by atoms with E-state index in [0.717, 1.165) is 35.3 Å². The minimum absolute atomic E-state index is 0.346. The van der Waals surface area contributed by atoms with E-state index >= 15 is 0 Å². The van der Waals surface area contributed by atoms with E-state index in [1.807, 2.05) is 18.2 Å². The van der Waals surface area contributed by atoms with Crippen LogP contribution in [0.1, 0.15) is 42.9 Å². The Morgan fingerprint density at radius 1 is 1.17 bits per heavy atom. The number of aromatic nitrogens is 3. The van der Waals surface area contributed by atoms with Crippen LogP contribution in [0.3, 0.4) is 0 Å². The number of aromatic amines is 1. The molecule has 0 radical (unpaired) electrons. The van der Waals surface area contributed by atoms with Gasteiger partial charge in [0.2, 0.25) is 0 Å². The van der Waals surface area contributed by atoms with E-state index in [-0.39, 0.29) is 0 Å². The Labute approximate surface area is 143 Å². The summed E-state index contributed by atoms with van der Waals surface area (Å²) in [6.07, 6.45) is 3.32. The molecule has 0 spiro atoms. The molecule has 0 saturated carbocycles. The number of rotatable bonds is 7. The lowest BCUT2D eigenvalue weighted by Crippen LogP contribution is -2.24. The highest BCUT2D eigenvalue weighted by Crippen LogP contribution is 2.28. The summed E-state index contributed by atoms with van der Waals surface area (Å²) in [5.74, 6) is 3.59. The van der Waals surface area contributed by atoms with Crippen LogP contribution in [0.25, 0.3) is 0 Å². The molecule has 1 aliphatic rings. The van der Waals surface area contributed by atoms with Gasteiger partial charge in [0.15, 0.2) is 17.3 Å². The maximum atomic E-state index is 5.36. The maximum Gasteiger partial charge on any atom is 0.161 e. The van der Waals surface area contributed by atoms with E-state index in [1.54, 1.807) is 14.2 Å². The van der Waals surface area contributed by atoms with Crippen molar-refractivity contribution >= 4 is 0 Å². The highest BCUT2D eigenvalue weighted by molar-refractivity contribution is 5.43. The third kappa shape index (κ3) is 3.87. The fourth-order valence-electron chi connectivity index (χ4n) is 3.23. The first kappa shape index (κ1) is 16.8. The van der Waals surface area contributed by atoms with Crippen molar-refractivity contribution in [2.45, 2.75) is 32.1 Å². The first-order valence-corrected chi connectivity index (χ1v) is 8.54. The second kappa shape index (κ2) is 7.66. The van der Waals surface area contributed by atoms with Crippen LogP contribution in [-0.4, -0.2) is 53.9 Å². The SMILES string of the molecule is COc1ccc(Cc2nc(C(C)CN3CCCC3)n[nH]2)cc1OC. The number of hydrogen-bond donors (Lipinski definition) is 1. The zero-order valence-corrected chi connectivity index (χ0v) is 14.7. The molecular weight excluding hydrogens is 304 g/mol. The van der Waals surface area contributed by atoms with Crippen molar-refractivity contribution in [1.29, 1.82) is 0 Å². The van der Waals surface area contributed by atoms with Crippen molar-refractivity contribution in [2.75, 3.05) is 33.9 Å². The second-order valence-electron chi connectivity index (χ2n) is 6.42. The number of H-pyrrole nitrogens is 1. The predicted octanol–water partition coefficient (Wildman–Crippen LogP) is 2.61. The summed E-state index contributed by atoms with van der Waals surface area (Å²) in [5, 5.41) is 7.49. The number of ether oxygens (including phenoxy) is 2. The number of likely N-dealkylation sites (tertiary alicyclic amines) is 1. The normalized spacial score (nSPS) is 16.3. The summed E-state index contributed by atoms with van der Waals surface area (Å²) in [4.78, 5) is 7.18. The molecule has 0 aliphatic carbocycles. The lowest BCUT2D eigenvalue weighted by Gasteiger charge is -2.17. The molecule has 1 N–H and O–H groups in total. The van der Waals surface area contributed by atoms with Gasteiger partial charge in [-0.05, 0) is 43.6 Å². The molecule has 1 fully saturated rings. The third-order valence-corrected chi connectivity index (χ3v) is 4.54. The van der Waals surface area contributed by atoms with Gasteiger partial charge in [-0.15, -0.1) is 0 Å². The Kier molecular flexibility index (Phi) is 5.35. The molecule has 0 bridgehead atoms. The minimum Gasteiger partial charge on any atom is -0.493 e. The lowest BCUT2D eigenvalue weighted by atomic mass is 10.1. The molecule has 0 amide bonds. The van der Waals surface area contributed by atoms with Gasteiger partial charge in [-0.1, -0.05) is 13.0 Å². The van der Waals surface area contributed by atoms with E-state index in [2.05, 4.69) is 27.0 Å². The zero-order chi connectivity index (χ0) is 16.9. The molecule has 1 atom stereocenters. The molecular formula is C18H26N4O2. The Balaban J connectivity index is 1.65. The largest absolute Gasteiger partial charge is 0.493 e. The molecule has 6 heteroatoms. The van der Waals surface area contributed by atoms with Gasteiger partial charge in [0.05, 0.1) is 14.2 Å². The van der Waals surface area contributed by atoms with E-state index in [0.29, 0.717) is 12.3 Å². The predicted molar refractivity (Wildman–Crippen MR) is 92.8 cm³/mol. The van der Waals surface area contributed by atoms with E-state index in [9.17, 15) is 0 Å². The second-order valence-corrected chi connectivity index (χ2v) is 6.42. The van der Waals surface area contributed by atoms with Crippen LogP contribution in [0.5, 0.6) is 11.5 Å². The Hall–Kier alpha value is -2.08. The molecule has 1 aliphatic heterocycles. The van der Waals surface area contributed by atoms with Crippen LogP contribution in [-0.2, 0) is 6.42 Å². The first-order valence-electron chi connectivity index (χ1n) is 8.54. The highest BCUT2D eigenvalue weighted by atomic mass is 16.5. The topological polar surface area (TPSA) is 63.3 Å². The molecule has 2 heterocycles. The quantitative estimate of drug-likeness (QED) is 0.845. The molecule has 6 nitrogen and oxygen atoms in total. The smallest absolute Gasteiger partial charge is 0.161 e.